The third kappa shape index (κ3) is 3.35. The molecule has 0 aliphatic heterocycles. The molecule has 1 nitrogen and oxygen atoms in total. The average Bonchev–Trinajstić information content (AvgIpc) is 2.26. The minimum Gasteiger partial charge on any atom is -0.396 e. The van der Waals surface area contributed by atoms with Crippen LogP contribution in [0.4, 0.5) is 0 Å². The number of benzene rings is 1. The summed E-state index contributed by atoms with van der Waals surface area (Å²) in [4.78, 5) is 0. The molecule has 1 heteroatoms. The molecule has 1 aromatic carbocycles. The van der Waals surface area contributed by atoms with Crippen molar-refractivity contribution in [1.29, 1.82) is 0 Å². The van der Waals surface area contributed by atoms with Crippen LogP contribution in [0.2, 0.25) is 0 Å². The van der Waals surface area contributed by atoms with Crippen LogP contribution >= 0.6 is 0 Å². The molecule has 0 spiro atoms. The molecule has 0 heterocycles. The van der Waals surface area contributed by atoms with Gasteiger partial charge in [-0.3, -0.25) is 0 Å². The molecule has 1 unspecified atom stereocenters. The molecule has 0 aromatic heterocycles. The van der Waals surface area contributed by atoms with E-state index in [0.29, 0.717) is 11.8 Å². The highest BCUT2D eigenvalue weighted by Gasteiger charge is 2.09. The average molecular weight is 206 g/mol. The maximum absolute atomic E-state index is 9.29. The van der Waals surface area contributed by atoms with E-state index in [1.165, 1.54) is 11.1 Å². The molecule has 0 saturated carbocycles. The lowest BCUT2D eigenvalue weighted by molar-refractivity contribution is 0.258. The summed E-state index contributed by atoms with van der Waals surface area (Å²) in [6.45, 7) is 6.81. The van der Waals surface area contributed by atoms with Gasteiger partial charge in [0, 0.05) is 12.5 Å². The van der Waals surface area contributed by atoms with Crippen LogP contribution in [-0.4, -0.2) is 11.7 Å². The molecule has 0 aliphatic rings. The zero-order valence-electron chi connectivity index (χ0n) is 10.0. The summed E-state index contributed by atoms with van der Waals surface area (Å²) >= 11 is 0. The molecule has 1 atom stereocenters. The first-order chi connectivity index (χ1) is 7.19. The van der Waals surface area contributed by atoms with Crippen LogP contribution in [0, 0.1) is 0 Å². The molecule has 1 rings (SSSR count). The lowest BCUT2D eigenvalue weighted by Crippen LogP contribution is -2.03. The van der Waals surface area contributed by atoms with Crippen LogP contribution in [0.15, 0.2) is 24.3 Å². The van der Waals surface area contributed by atoms with Gasteiger partial charge in [-0.15, -0.1) is 0 Å². The summed E-state index contributed by atoms with van der Waals surface area (Å²) in [5, 5.41) is 9.29. The Kier molecular flexibility index (Phi) is 4.83. The van der Waals surface area contributed by atoms with E-state index in [-0.39, 0.29) is 6.61 Å². The quantitative estimate of drug-likeness (QED) is 0.779. The van der Waals surface area contributed by atoms with Crippen molar-refractivity contribution in [2.75, 3.05) is 6.61 Å². The zero-order valence-corrected chi connectivity index (χ0v) is 10.0. The van der Waals surface area contributed by atoms with Crippen LogP contribution in [0.1, 0.15) is 56.6 Å². The Morgan fingerprint density at radius 2 is 1.60 bits per heavy atom. The molecule has 1 aromatic rings. The molecule has 0 aliphatic carbocycles. The Labute approximate surface area is 93.1 Å². The lowest BCUT2D eigenvalue weighted by atomic mass is 9.93. The van der Waals surface area contributed by atoms with Gasteiger partial charge in [0.25, 0.3) is 0 Å². The van der Waals surface area contributed by atoms with Gasteiger partial charge in [-0.1, -0.05) is 51.5 Å². The highest BCUT2D eigenvalue weighted by Crippen LogP contribution is 2.23. The minimum absolute atomic E-state index is 0.259. The summed E-state index contributed by atoms with van der Waals surface area (Å²) < 4.78 is 0. The van der Waals surface area contributed by atoms with Gasteiger partial charge < -0.3 is 5.11 Å². The standard InChI is InChI=1S/C14H22O/c1-4-5-14(10-15)13-8-6-12(7-9-13)11(2)3/h6-9,11,14-15H,4-5,10H2,1-3H3. The van der Waals surface area contributed by atoms with Gasteiger partial charge in [0.15, 0.2) is 0 Å². The van der Waals surface area contributed by atoms with Crippen molar-refractivity contribution in [3.63, 3.8) is 0 Å². The van der Waals surface area contributed by atoms with Crippen LogP contribution < -0.4 is 0 Å². The third-order valence-corrected chi connectivity index (χ3v) is 2.93. The maximum atomic E-state index is 9.29. The minimum atomic E-state index is 0.259. The monoisotopic (exact) mass is 206 g/mol. The first-order valence-electron chi connectivity index (χ1n) is 5.89. The fourth-order valence-electron chi connectivity index (χ4n) is 1.86. The molecule has 0 amide bonds. The van der Waals surface area contributed by atoms with Crippen LogP contribution in [0.25, 0.3) is 0 Å². The Bertz CT molecular complexity index is 274. The molecule has 15 heavy (non-hydrogen) atoms. The van der Waals surface area contributed by atoms with E-state index < -0.39 is 0 Å². The summed E-state index contributed by atoms with van der Waals surface area (Å²) in [6.07, 6.45) is 2.19. The number of hydrogen-bond acceptors (Lipinski definition) is 1. The summed E-state index contributed by atoms with van der Waals surface area (Å²) in [5.41, 5.74) is 2.63. The van der Waals surface area contributed by atoms with E-state index in [9.17, 15) is 5.11 Å². The van der Waals surface area contributed by atoms with E-state index >= 15 is 0 Å². The molecule has 1 N–H and O–H groups in total. The van der Waals surface area contributed by atoms with Gasteiger partial charge in [-0.05, 0) is 23.5 Å². The summed E-state index contributed by atoms with van der Waals surface area (Å²) in [6, 6.07) is 8.68. The first kappa shape index (κ1) is 12.3. The molecule has 0 fully saturated rings. The van der Waals surface area contributed by atoms with Crippen molar-refractivity contribution in [3.8, 4) is 0 Å². The van der Waals surface area contributed by atoms with E-state index in [1.807, 2.05) is 0 Å². The summed E-state index contributed by atoms with van der Waals surface area (Å²) in [7, 11) is 0. The van der Waals surface area contributed by atoms with E-state index in [0.717, 1.165) is 12.8 Å². The predicted molar refractivity (Wildman–Crippen MR) is 65.3 cm³/mol. The first-order valence-corrected chi connectivity index (χ1v) is 5.89. The van der Waals surface area contributed by atoms with Gasteiger partial charge in [-0.25, -0.2) is 0 Å². The summed E-state index contributed by atoms with van der Waals surface area (Å²) in [5.74, 6) is 0.897. The van der Waals surface area contributed by atoms with Crippen molar-refractivity contribution in [2.45, 2.75) is 45.4 Å². The highest BCUT2D eigenvalue weighted by atomic mass is 16.3. The zero-order chi connectivity index (χ0) is 11.3. The van der Waals surface area contributed by atoms with E-state index in [2.05, 4.69) is 45.0 Å². The van der Waals surface area contributed by atoms with E-state index in [4.69, 9.17) is 0 Å². The second-order valence-corrected chi connectivity index (χ2v) is 4.49. The predicted octanol–water partition coefficient (Wildman–Crippen LogP) is 3.69. The van der Waals surface area contributed by atoms with Crippen LogP contribution in [0.5, 0.6) is 0 Å². The largest absolute Gasteiger partial charge is 0.396 e. The molecule has 0 bridgehead atoms. The van der Waals surface area contributed by atoms with Gasteiger partial charge in [0.1, 0.15) is 0 Å². The molecule has 0 radical (unpaired) electrons. The van der Waals surface area contributed by atoms with Crippen LogP contribution in [-0.2, 0) is 0 Å². The third-order valence-electron chi connectivity index (χ3n) is 2.93. The SMILES string of the molecule is CCCC(CO)c1ccc(C(C)C)cc1. The number of rotatable bonds is 5. The van der Waals surface area contributed by atoms with Crippen molar-refractivity contribution in [2.24, 2.45) is 0 Å². The Morgan fingerprint density at radius 3 is 2.00 bits per heavy atom. The number of aliphatic hydroxyl groups is 1. The van der Waals surface area contributed by atoms with Crippen molar-refractivity contribution >= 4 is 0 Å². The molecular formula is C14H22O. The Balaban J connectivity index is 2.77. The maximum Gasteiger partial charge on any atom is 0.0499 e. The second kappa shape index (κ2) is 5.92. The van der Waals surface area contributed by atoms with Gasteiger partial charge >= 0.3 is 0 Å². The molecule has 84 valence electrons. The smallest absolute Gasteiger partial charge is 0.0499 e. The fraction of sp³-hybridized carbons (Fsp3) is 0.571. The van der Waals surface area contributed by atoms with Crippen LogP contribution in [0.3, 0.4) is 0 Å². The molecule has 0 saturated heterocycles. The second-order valence-electron chi connectivity index (χ2n) is 4.49. The van der Waals surface area contributed by atoms with Gasteiger partial charge in [0.05, 0.1) is 0 Å². The van der Waals surface area contributed by atoms with Gasteiger partial charge in [0.2, 0.25) is 0 Å². The fourth-order valence-corrected chi connectivity index (χ4v) is 1.86. The normalized spacial score (nSPS) is 13.1. The van der Waals surface area contributed by atoms with Crippen molar-refractivity contribution in [1.82, 2.24) is 0 Å². The molecular weight excluding hydrogens is 184 g/mol. The van der Waals surface area contributed by atoms with E-state index in [1.54, 1.807) is 0 Å². The van der Waals surface area contributed by atoms with Crippen molar-refractivity contribution < 1.29 is 5.11 Å². The van der Waals surface area contributed by atoms with Gasteiger partial charge in [-0.2, -0.15) is 0 Å². The lowest BCUT2D eigenvalue weighted by Gasteiger charge is -2.14. The topological polar surface area (TPSA) is 20.2 Å². The van der Waals surface area contributed by atoms with Crippen molar-refractivity contribution in [3.05, 3.63) is 35.4 Å². The number of aliphatic hydroxyl groups excluding tert-OH is 1. The number of hydrogen-bond donors (Lipinski definition) is 1. The Hall–Kier alpha value is -0.820. The highest BCUT2D eigenvalue weighted by molar-refractivity contribution is 5.27. The Morgan fingerprint density at radius 1 is 1.07 bits per heavy atom.